The fraction of sp³-hybridized carbons (Fsp3) is 0.154. The summed E-state index contributed by atoms with van der Waals surface area (Å²) in [5.41, 5.74) is 7.14. The number of benzene rings is 2. The minimum Gasteiger partial charge on any atom is -0.262 e. The third-order valence-electron chi connectivity index (χ3n) is 4.29. The molecule has 0 saturated carbocycles. The zero-order valence-corrected chi connectivity index (χ0v) is 17.2. The van der Waals surface area contributed by atoms with Crippen molar-refractivity contribution in [2.45, 2.75) is 27.7 Å². The summed E-state index contributed by atoms with van der Waals surface area (Å²) in [5.74, 6) is 0. The molecular formula is C26H28N2. The molecule has 0 fully saturated rings. The second-order valence-corrected chi connectivity index (χ2v) is 6.42. The Morgan fingerprint density at radius 2 is 1.46 bits per heavy atom. The van der Waals surface area contributed by atoms with Gasteiger partial charge in [0.25, 0.3) is 0 Å². The summed E-state index contributed by atoms with van der Waals surface area (Å²) in [6.45, 7) is 12.1. The van der Waals surface area contributed by atoms with Crippen molar-refractivity contribution in [3.05, 3.63) is 108 Å². The predicted octanol–water partition coefficient (Wildman–Crippen LogP) is 7.12. The van der Waals surface area contributed by atoms with Gasteiger partial charge in [0.2, 0.25) is 0 Å². The fourth-order valence-corrected chi connectivity index (χ4v) is 2.67. The highest BCUT2D eigenvalue weighted by Crippen LogP contribution is 2.19. The SMILES string of the molecule is C=C(N=C(C)c1ccc(C(/C=C\C(C)=N/C=C\C)=C/C)cc1)c1ccccc1. The van der Waals surface area contributed by atoms with Crippen LogP contribution >= 0.6 is 0 Å². The van der Waals surface area contributed by atoms with Gasteiger partial charge in [-0.05, 0) is 56.0 Å². The Morgan fingerprint density at radius 3 is 2.07 bits per heavy atom. The van der Waals surface area contributed by atoms with Crippen molar-refractivity contribution >= 4 is 22.7 Å². The number of allylic oxidation sites excluding steroid dienone is 5. The topological polar surface area (TPSA) is 24.7 Å². The summed E-state index contributed by atoms with van der Waals surface area (Å²) in [6, 6.07) is 18.5. The molecule has 2 heteroatoms. The average molecular weight is 369 g/mol. The Morgan fingerprint density at radius 1 is 0.821 bits per heavy atom. The van der Waals surface area contributed by atoms with E-state index in [4.69, 9.17) is 0 Å². The molecule has 2 rings (SSSR count). The van der Waals surface area contributed by atoms with Crippen LogP contribution in [0.1, 0.15) is 44.4 Å². The van der Waals surface area contributed by atoms with Gasteiger partial charge in [-0.1, -0.05) is 79.4 Å². The van der Waals surface area contributed by atoms with Crippen molar-refractivity contribution in [1.29, 1.82) is 0 Å². The van der Waals surface area contributed by atoms with Gasteiger partial charge in [0.1, 0.15) is 0 Å². The Labute approximate surface area is 169 Å². The minimum atomic E-state index is 0.773. The summed E-state index contributed by atoms with van der Waals surface area (Å²) in [7, 11) is 0. The third-order valence-corrected chi connectivity index (χ3v) is 4.29. The molecule has 28 heavy (non-hydrogen) atoms. The van der Waals surface area contributed by atoms with E-state index in [2.05, 4.69) is 53.0 Å². The Hall–Kier alpha value is -3.26. The Balaban J connectivity index is 2.16. The van der Waals surface area contributed by atoms with Crippen LogP contribution in [0, 0.1) is 0 Å². The Bertz CT molecular complexity index is 938. The van der Waals surface area contributed by atoms with Crippen molar-refractivity contribution in [3.63, 3.8) is 0 Å². The van der Waals surface area contributed by atoms with E-state index in [-0.39, 0.29) is 0 Å². The minimum absolute atomic E-state index is 0.773. The molecule has 0 heterocycles. The largest absolute Gasteiger partial charge is 0.262 e. The van der Waals surface area contributed by atoms with Crippen LogP contribution in [0.5, 0.6) is 0 Å². The van der Waals surface area contributed by atoms with Crippen LogP contribution in [0.15, 0.2) is 102 Å². The van der Waals surface area contributed by atoms with Gasteiger partial charge in [0, 0.05) is 17.6 Å². The number of rotatable bonds is 7. The van der Waals surface area contributed by atoms with E-state index in [1.54, 1.807) is 6.20 Å². The highest BCUT2D eigenvalue weighted by atomic mass is 14.7. The highest BCUT2D eigenvalue weighted by molar-refractivity contribution is 6.02. The molecule has 0 radical (unpaired) electrons. The molecule has 2 nitrogen and oxygen atoms in total. The van der Waals surface area contributed by atoms with Crippen LogP contribution in [-0.4, -0.2) is 11.4 Å². The van der Waals surface area contributed by atoms with Crippen molar-refractivity contribution in [2.24, 2.45) is 9.98 Å². The van der Waals surface area contributed by atoms with Gasteiger partial charge in [-0.2, -0.15) is 0 Å². The second-order valence-electron chi connectivity index (χ2n) is 6.42. The molecule has 0 atom stereocenters. The predicted molar refractivity (Wildman–Crippen MR) is 125 cm³/mol. The first kappa shape index (κ1) is 21.0. The van der Waals surface area contributed by atoms with Crippen LogP contribution < -0.4 is 0 Å². The lowest BCUT2D eigenvalue weighted by atomic mass is 10.0. The molecule has 0 aromatic heterocycles. The molecule has 0 aliphatic rings. The molecule has 0 unspecified atom stereocenters. The van der Waals surface area contributed by atoms with E-state index in [1.807, 2.05) is 70.2 Å². The number of hydrogen-bond donors (Lipinski definition) is 0. The van der Waals surface area contributed by atoms with E-state index in [9.17, 15) is 0 Å². The van der Waals surface area contributed by atoms with E-state index < -0.39 is 0 Å². The van der Waals surface area contributed by atoms with Gasteiger partial charge >= 0.3 is 0 Å². The average Bonchev–Trinajstić information content (AvgIpc) is 2.73. The third kappa shape index (κ3) is 6.17. The molecule has 0 aliphatic heterocycles. The first-order valence-electron chi connectivity index (χ1n) is 9.45. The van der Waals surface area contributed by atoms with Gasteiger partial charge in [-0.25, -0.2) is 0 Å². The number of hydrogen-bond acceptors (Lipinski definition) is 2. The smallest absolute Gasteiger partial charge is 0.0633 e. The van der Waals surface area contributed by atoms with E-state index in [0.717, 1.165) is 39.4 Å². The summed E-state index contributed by atoms with van der Waals surface area (Å²) in [4.78, 5) is 9.00. The molecule has 0 N–H and O–H groups in total. The molecular weight excluding hydrogens is 340 g/mol. The van der Waals surface area contributed by atoms with E-state index in [0.29, 0.717) is 0 Å². The molecule has 0 spiro atoms. The summed E-state index contributed by atoms with van der Waals surface area (Å²) < 4.78 is 0. The molecule has 0 saturated heterocycles. The maximum atomic E-state index is 4.67. The zero-order valence-electron chi connectivity index (χ0n) is 17.2. The summed E-state index contributed by atoms with van der Waals surface area (Å²) in [6.07, 6.45) is 9.94. The van der Waals surface area contributed by atoms with Crippen LogP contribution in [0.4, 0.5) is 0 Å². The summed E-state index contributed by atoms with van der Waals surface area (Å²) >= 11 is 0. The standard InChI is InChI=1S/C26H28N2/c1-6-19-27-20(3)13-14-23(7-2)26-17-15-25(16-18-26)22(5)28-21(4)24-11-9-8-10-12-24/h6-19H,4H2,1-3,5H3/b14-13-,19-6-,23-7+,27-20-,28-22?. The normalized spacial score (nSPS) is 13.5. The molecule has 0 amide bonds. The highest BCUT2D eigenvalue weighted by Gasteiger charge is 2.02. The van der Waals surface area contributed by atoms with Crippen LogP contribution in [-0.2, 0) is 0 Å². The van der Waals surface area contributed by atoms with Crippen molar-refractivity contribution in [3.8, 4) is 0 Å². The number of nitrogens with zero attached hydrogens (tertiary/aromatic N) is 2. The number of aliphatic imine (C=N–C) groups is 2. The van der Waals surface area contributed by atoms with Gasteiger partial charge in [0.15, 0.2) is 0 Å². The molecule has 0 bridgehead atoms. The van der Waals surface area contributed by atoms with Crippen molar-refractivity contribution in [2.75, 3.05) is 0 Å². The van der Waals surface area contributed by atoms with E-state index >= 15 is 0 Å². The Kier molecular flexibility index (Phi) is 8.11. The first-order valence-corrected chi connectivity index (χ1v) is 9.45. The van der Waals surface area contributed by atoms with Gasteiger partial charge in [-0.3, -0.25) is 9.98 Å². The van der Waals surface area contributed by atoms with Crippen LogP contribution in [0.2, 0.25) is 0 Å². The molecule has 2 aromatic carbocycles. The second kappa shape index (κ2) is 10.8. The van der Waals surface area contributed by atoms with Crippen LogP contribution in [0.25, 0.3) is 11.3 Å². The monoisotopic (exact) mass is 368 g/mol. The van der Waals surface area contributed by atoms with Gasteiger partial charge in [0.05, 0.1) is 5.70 Å². The lowest BCUT2D eigenvalue weighted by Gasteiger charge is -2.07. The van der Waals surface area contributed by atoms with Crippen molar-refractivity contribution in [1.82, 2.24) is 0 Å². The quantitative estimate of drug-likeness (QED) is 0.367. The molecule has 0 aliphatic carbocycles. The van der Waals surface area contributed by atoms with Crippen LogP contribution in [0.3, 0.4) is 0 Å². The fourth-order valence-electron chi connectivity index (χ4n) is 2.67. The summed E-state index contributed by atoms with van der Waals surface area (Å²) in [5, 5.41) is 0. The van der Waals surface area contributed by atoms with Crippen molar-refractivity contribution < 1.29 is 0 Å². The lowest BCUT2D eigenvalue weighted by molar-refractivity contribution is 1.47. The maximum Gasteiger partial charge on any atom is 0.0633 e. The molecule has 2 aromatic rings. The van der Waals surface area contributed by atoms with Gasteiger partial charge in [-0.15, -0.1) is 0 Å². The molecule has 142 valence electrons. The lowest BCUT2D eigenvalue weighted by Crippen LogP contribution is -1.96. The zero-order chi connectivity index (χ0) is 20.4. The van der Waals surface area contributed by atoms with E-state index in [1.165, 1.54) is 0 Å². The maximum absolute atomic E-state index is 4.67. The van der Waals surface area contributed by atoms with Gasteiger partial charge < -0.3 is 0 Å². The first-order chi connectivity index (χ1) is 13.5.